The summed E-state index contributed by atoms with van der Waals surface area (Å²) in [6, 6.07) is 22.0. The van der Waals surface area contributed by atoms with E-state index < -0.39 is 34.9 Å². The summed E-state index contributed by atoms with van der Waals surface area (Å²) in [7, 11) is 0. The first-order valence-corrected chi connectivity index (χ1v) is 12.4. The van der Waals surface area contributed by atoms with Gasteiger partial charge in [0, 0.05) is 16.8 Å². The van der Waals surface area contributed by atoms with Crippen LogP contribution in [-0.2, 0) is 16.8 Å². The van der Waals surface area contributed by atoms with Crippen molar-refractivity contribution in [3.05, 3.63) is 118 Å². The first-order valence-electron chi connectivity index (χ1n) is 12.4. The molecule has 202 valence electrons. The zero-order chi connectivity index (χ0) is 28.6. The third-order valence-electron chi connectivity index (χ3n) is 6.89. The molecule has 0 unspecified atom stereocenters. The largest absolute Gasteiger partial charge is 0.425 e. The number of ketones is 1. The van der Waals surface area contributed by atoms with Crippen molar-refractivity contribution in [1.82, 2.24) is 10.2 Å². The number of alkyl halides is 3. The van der Waals surface area contributed by atoms with Crippen LogP contribution in [0, 0.1) is 0 Å². The molecule has 3 aromatic rings. The molecule has 0 aliphatic carbocycles. The van der Waals surface area contributed by atoms with Crippen molar-refractivity contribution < 1.29 is 27.6 Å². The third kappa shape index (κ3) is 5.11. The molecule has 1 N–H and O–H groups in total. The average Bonchev–Trinajstić information content (AvgIpc) is 3.10. The lowest BCUT2D eigenvalue weighted by Gasteiger charge is -2.33. The van der Waals surface area contributed by atoms with E-state index in [0.29, 0.717) is 5.56 Å². The summed E-state index contributed by atoms with van der Waals surface area (Å²) in [5, 5.41) is 1.97. The van der Waals surface area contributed by atoms with Crippen molar-refractivity contribution in [1.29, 1.82) is 0 Å². The Labute approximate surface area is 225 Å². The van der Waals surface area contributed by atoms with Crippen LogP contribution in [0.5, 0.6) is 0 Å². The van der Waals surface area contributed by atoms with Gasteiger partial charge in [0.25, 0.3) is 11.8 Å². The molecule has 0 bridgehead atoms. The van der Waals surface area contributed by atoms with Gasteiger partial charge in [0.2, 0.25) is 5.54 Å². The zero-order valence-electron chi connectivity index (χ0n) is 22.1. The third-order valence-corrected chi connectivity index (χ3v) is 6.89. The summed E-state index contributed by atoms with van der Waals surface area (Å²) in [6.07, 6.45) is -5.32. The highest BCUT2D eigenvalue weighted by molar-refractivity contribution is 6.19. The summed E-state index contributed by atoms with van der Waals surface area (Å²) in [5.41, 5.74) is -3.44. The Morgan fingerprint density at radius 1 is 0.821 bits per heavy atom. The molecule has 1 atom stereocenters. The van der Waals surface area contributed by atoms with Crippen molar-refractivity contribution in [2.24, 2.45) is 0 Å². The molecule has 0 saturated carbocycles. The molecular formula is C31H29F3N2O3. The van der Waals surface area contributed by atoms with Crippen molar-refractivity contribution in [2.75, 3.05) is 0 Å². The Morgan fingerprint density at radius 2 is 1.36 bits per heavy atom. The van der Waals surface area contributed by atoms with E-state index in [1.54, 1.807) is 48.5 Å². The van der Waals surface area contributed by atoms with Gasteiger partial charge >= 0.3 is 6.18 Å². The molecule has 2 amide bonds. The quantitative estimate of drug-likeness (QED) is 0.382. The van der Waals surface area contributed by atoms with Gasteiger partial charge in [0.1, 0.15) is 0 Å². The Morgan fingerprint density at radius 3 is 1.87 bits per heavy atom. The molecule has 1 aliphatic heterocycles. The number of Topliss-reactive ketones (excluding diaryl/α,β-unsaturated/α-hetero) is 1. The highest BCUT2D eigenvalue weighted by atomic mass is 19.4. The molecule has 3 aromatic carbocycles. The number of nitrogens with one attached hydrogen (secondary N) is 1. The highest BCUT2D eigenvalue weighted by Gasteiger charge is 2.70. The van der Waals surface area contributed by atoms with Crippen LogP contribution in [0.15, 0.2) is 96.2 Å². The normalized spacial score (nSPS) is 17.9. The fraction of sp³-hybridized carbons (Fsp3) is 0.258. The Bertz CT molecular complexity index is 1420. The standard InChI is InChI=1S/C31H29F3N2O3/c1-20-25(26(37)22-13-9-6-10-14-22)30(31(32,33)34,28(39)36(20)19-21-11-7-5-8-12-21)35-27(38)23-15-17-24(18-16-23)29(2,3)4/h5-18H,19H2,1-4H3,(H,35,38)/t30-/m0/s1. The van der Waals surface area contributed by atoms with E-state index in [1.807, 2.05) is 26.1 Å². The second-order valence-corrected chi connectivity index (χ2v) is 10.6. The zero-order valence-corrected chi connectivity index (χ0v) is 22.1. The highest BCUT2D eigenvalue weighted by Crippen LogP contribution is 2.46. The van der Waals surface area contributed by atoms with Crippen LogP contribution < -0.4 is 5.32 Å². The summed E-state index contributed by atoms with van der Waals surface area (Å²) in [5.74, 6) is -3.54. The minimum Gasteiger partial charge on any atom is -0.326 e. The number of benzene rings is 3. The second-order valence-electron chi connectivity index (χ2n) is 10.6. The van der Waals surface area contributed by atoms with Crippen molar-refractivity contribution in [2.45, 2.75) is 51.4 Å². The number of carbonyl (C=O) groups is 3. The van der Waals surface area contributed by atoms with Crippen molar-refractivity contribution in [3.8, 4) is 0 Å². The van der Waals surface area contributed by atoms with E-state index >= 15 is 13.2 Å². The maximum absolute atomic E-state index is 15.1. The molecule has 0 radical (unpaired) electrons. The Hall–Kier alpha value is -4.20. The fourth-order valence-corrected chi connectivity index (χ4v) is 4.71. The van der Waals surface area contributed by atoms with Crippen LogP contribution in [0.2, 0.25) is 0 Å². The lowest BCUT2D eigenvalue weighted by atomic mass is 9.83. The van der Waals surface area contributed by atoms with Crippen LogP contribution in [0.1, 0.15) is 59.5 Å². The first-order chi connectivity index (χ1) is 18.3. The number of nitrogens with zero attached hydrogens (tertiary/aromatic N) is 1. The number of allylic oxidation sites excluding steroid dienone is 1. The smallest absolute Gasteiger partial charge is 0.326 e. The maximum Gasteiger partial charge on any atom is 0.425 e. The van der Waals surface area contributed by atoms with E-state index in [2.05, 4.69) is 0 Å². The van der Waals surface area contributed by atoms with Crippen LogP contribution in [0.3, 0.4) is 0 Å². The van der Waals surface area contributed by atoms with Gasteiger partial charge in [-0.05, 0) is 35.6 Å². The Kier molecular flexibility index (Phi) is 7.25. The lowest BCUT2D eigenvalue weighted by Crippen LogP contribution is -2.66. The maximum atomic E-state index is 15.1. The van der Waals surface area contributed by atoms with Crippen LogP contribution >= 0.6 is 0 Å². The van der Waals surface area contributed by atoms with E-state index in [0.717, 1.165) is 10.5 Å². The van der Waals surface area contributed by atoms with E-state index in [9.17, 15) is 14.4 Å². The predicted octanol–water partition coefficient (Wildman–Crippen LogP) is 6.21. The minimum atomic E-state index is -5.32. The van der Waals surface area contributed by atoms with E-state index in [1.165, 1.54) is 43.3 Å². The molecule has 0 fully saturated rings. The molecule has 0 spiro atoms. The fourth-order valence-electron chi connectivity index (χ4n) is 4.71. The predicted molar refractivity (Wildman–Crippen MR) is 142 cm³/mol. The minimum absolute atomic E-state index is 0.0291. The molecular weight excluding hydrogens is 505 g/mol. The lowest BCUT2D eigenvalue weighted by molar-refractivity contribution is -0.189. The summed E-state index contributed by atoms with van der Waals surface area (Å²) in [6.45, 7) is 7.00. The number of amides is 2. The topological polar surface area (TPSA) is 66.5 Å². The van der Waals surface area contributed by atoms with E-state index in [4.69, 9.17) is 0 Å². The summed E-state index contributed by atoms with van der Waals surface area (Å²) < 4.78 is 45.4. The van der Waals surface area contributed by atoms with Gasteiger partial charge in [-0.1, -0.05) is 93.6 Å². The van der Waals surface area contributed by atoms with Gasteiger partial charge in [-0.3, -0.25) is 14.4 Å². The molecule has 1 heterocycles. The molecule has 4 rings (SSSR count). The van der Waals surface area contributed by atoms with E-state index in [-0.39, 0.29) is 28.8 Å². The van der Waals surface area contributed by atoms with Crippen molar-refractivity contribution >= 4 is 17.6 Å². The summed E-state index contributed by atoms with van der Waals surface area (Å²) >= 11 is 0. The van der Waals surface area contributed by atoms with Gasteiger partial charge in [0.05, 0.1) is 12.1 Å². The molecule has 0 aromatic heterocycles. The van der Waals surface area contributed by atoms with Crippen molar-refractivity contribution in [3.63, 3.8) is 0 Å². The number of hydrogen-bond donors (Lipinski definition) is 1. The number of hydrogen-bond acceptors (Lipinski definition) is 3. The Balaban J connectivity index is 1.85. The molecule has 1 aliphatic rings. The SMILES string of the molecule is CC1=C(C(=O)c2ccccc2)[C@@](NC(=O)c2ccc(C(C)(C)C)cc2)(C(F)(F)F)C(=O)N1Cc1ccccc1. The van der Waals surface area contributed by atoms with Gasteiger partial charge in [-0.25, -0.2) is 0 Å². The van der Waals surface area contributed by atoms with Gasteiger partial charge in [-0.15, -0.1) is 0 Å². The van der Waals surface area contributed by atoms with Gasteiger partial charge in [0.15, 0.2) is 5.78 Å². The molecule has 5 nitrogen and oxygen atoms in total. The van der Waals surface area contributed by atoms with Crippen LogP contribution in [0.4, 0.5) is 13.2 Å². The second kappa shape index (κ2) is 10.2. The molecule has 39 heavy (non-hydrogen) atoms. The van der Waals surface area contributed by atoms with Crippen LogP contribution in [0.25, 0.3) is 0 Å². The number of carbonyl (C=O) groups excluding carboxylic acids is 3. The molecule has 8 heteroatoms. The summed E-state index contributed by atoms with van der Waals surface area (Å²) in [4.78, 5) is 41.7. The first kappa shape index (κ1) is 27.8. The molecule has 0 saturated heterocycles. The average molecular weight is 535 g/mol. The number of halogens is 3. The van der Waals surface area contributed by atoms with Gasteiger partial charge in [-0.2, -0.15) is 13.2 Å². The van der Waals surface area contributed by atoms with Crippen LogP contribution in [-0.4, -0.2) is 34.2 Å². The van der Waals surface area contributed by atoms with Gasteiger partial charge < -0.3 is 10.2 Å². The number of rotatable bonds is 6. The monoisotopic (exact) mass is 534 g/mol.